The van der Waals surface area contributed by atoms with E-state index >= 15 is 0 Å². The second kappa shape index (κ2) is 8.15. The van der Waals surface area contributed by atoms with Gasteiger partial charge in [0.05, 0.1) is 22.9 Å². The van der Waals surface area contributed by atoms with Crippen molar-refractivity contribution in [1.82, 2.24) is 9.99 Å². The third kappa shape index (κ3) is 4.04. The van der Waals surface area contributed by atoms with E-state index in [1.54, 1.807) is 48.5 Å². The first-order valence-electron chi connectivity index (χ1n) is 10.3. The fourth-order valence-electron chi connectivity index (χ4n) is 3.79. The molecule has 2 aromatic carbocycles. The highest BCUT2D eigenvalue weighted by Gasteiger charge is 2.62. The normalized spacial score (nSPS) is 18.7. The number of ether oxygens (including phenoxy) is 1. The second-order valence-corrected chi connectivity index (χ2v) is 8.18. The SMILES string of the molecule is CC1=NN(C(=O)c2cc(-c3ccccc3OC(C)C)nc3ccccc23)C(O)(C(F)(F)F)C1. The number of carbonyl (C=O) groups excluding carboxylic acids is 1. The van der Waals surface area contributed by atoms with Crippen LogP contribution in [0.15, 0.2) is 59.7 Å². The number of carbonyl (C=O) groups is 1. The van der Waals surface area contributed by atoms with E-state index in [1.807, 2.05) is 13.8 Å². The van der Waals surface area contributed by atoms with Crippen molar-refractivity contribution in [1.29, 1.82) is 0 Å². The van der Waals surface area contributed by atoms with Crippen LogP contribution in [-0.2, 0) is 0 Å². The molecular formula is C24H22F3N3O3. The van der Waals surface area contributed by atoms with Gasteiger partial charge in [-0.25, -0.2) is 4.98 Å². The molecule has 1 N–H and O–H groups in total. The van der Waals surface area contributed by atoms with Crippen LogP contribution in [0.4, 0.5) is 13.2 Å². The number of alkyl halides is 3. The molecule has 4 rings (SSSR count). The Morgan fingerprint density at radius 1 is 1.15 bits per heavy atom. The number of benzene rings is 2. The van der Waals surface area contributed by atoms with Gasteiger partial charge in [0.15, 0.2) is 0 Å². The van der Waals surface area contributed by atoms with E-state index in [9.17, 15) is 23.1 Å². The molecule has 0 fully saturated rings. The van der Waals surface area contributed by atoms with Gasteiger partial charge in [-0.3, -0.25) is 4.79 Å². The van der Waals surface area contributed by atoms with Crippen molar-refractivity contribution in [3.8, 4) is 17.0 Å². The molecule has 6 nitrogen and oxygen atoms in total. The van der Waals surface area contributed by atoms with Gasteiger partial charge < -0.3 is 9.84 Å². The number of aromatic nitrogens is 1. The smallest absolute Gasteiger partial charge is 0.438 e. The largest absolute Gasteiger partial charge is 0.490 e. The van der Waals surface area contributed by atoms with Crippen LogP contribution in [0, 0.1) is 0 Å². The number of hydrogen-bond acceptors (Lipinski definition) is 5. The lowest BCUT2D eigenvalue weighted by atomic mass is 10.0. The van der Waals surface area contributed by atoms with E-state index < -0.39 is 24.2 Å². The van der Waals surface area contributed by atoms with E-state index in [0.717, 1.165) is 0 Å². The molecule has 9 heteroatoms. The number of hydrogen-bond donors (Lipinski definition) is 1. The average Bonchev–Trinajstić information content (AvgIpc) is 3.08. The van der Waals surface area contributed by atoms with Gasteiger partial charge >= 0.3 is 6.18 Å². The highest BCUT2D eigenvalue weighted by molar-refractivity contribution is 6.08. The van der Waals surface area contributed by atoms with E-state index in [-0.39, 0.29) is 22.4 Å². The highest BCUT2D eigenvalue weighted by Crippen LogP contribution is 2.42. The van der Waals surface area contributed by atoms with Crippen LogP contribution in [0.1, 0.15) is 37.6 Å². The number of halogens is 3. The number of fused-ring (bicyclic) bond motifs is 1. The zero-order chi connectivity index (χ0) is 24.0. The zero-order valence-electron chi connectivity index (χ0n) is 18.2. The van der Waals surface area contributed by atoms with Gasteiger partial charge in [-0.2, -0.15) is 23.3 Å². The van der Waals surface area contributed by atoms with Crippen LogP contribution in [0.3, 0.4) is 0 Å². The Morgan fingerprint density at radius 2 is 1.82 bits per heavy atom. The van der Waals surface area contributed by atoms with Gasteiger partial charge in [0.25, 0.3) is 11.6 Å². The third-order valence-corrected chi connectivity index (χ3v) is 5.24. The summed E-state index contributed by atoms with van der Waals surface area (Å²) in [5, 5.41) is 14.6. The van der Waals surface area contributed by atoms with Crippen molar-refractivity contribution in [2.75, 3.05) is 0 Å². The number of pyridine rings is 1. The molecule has 1 unspecified atom stereocenters. The predicted molar refractivity (Wildman–Crippen MR) is 118 cm³/mol. The minimum Gasteiger partial charge on any atom is -0.490 e. The van der Waals surface area contributed by atoms with Crippen molar-refractivity contribution >= 4 is 22.5 Å². The van der Waals surface area contributed by atoms with Crippen molar-refractivity contribution < 1.29 is 27.8 Å². The van der Waals surface area contributed by atoms with Gasteiger partial charge in [-0.1, -0.05) is 30.3 Å². The summed E-state index contributed by atoms with van der Waals surface area (Å²) in [5.74, 6) is -0.552. The van der Waals surface area contributed by atoms with Crippen molar-refractivity contribution in [3.63, 3.8) is 0 Å². The average molecular weight is 457 g/mol. The Morgan fingerprint density at radius 3 is 2.52 bits per heavy atom. The number of aliphatic hydroxyl groups is 1. The molecule has 2 heterocycles. The monoisotopic (exact) mass is 457 g/mol. The lowest BCUT2D eigenvalue weighted by Crippen LogP contribution is -2.56. The van der Waals surface area contributed by atoms with Crippen molar-refractivity contribution in [3.05, 3.63) is 60.2 Å². The number of amides is 1. The van der Waals surface area contributed by atoms with Crippen LogP contribution in [0.25, 0.3) is 22.2 Å². The fraction of sp³-hybridized carbons (Fsp3) is 0.292. The maximum absolute atomic E-state index is 13.7. The van der Waals surface area contributed by atoms with Gasteiger partial charge in [0.1, 0.15) is 5.75 Å². The van der Waals surface area contributed by atoms with E-state index in [2.05, 4.69) is 10.1 Å². The van der Waals surface area contributed by atoms with Crippen molar-refractivity contribution in [2.45, 2.75) is 45.2 Å². The standard InChI is InChI=1S/C24H22F3N3O3/c1-14(2)33-21-11-7-5-9-17(21)20-12-18(16-8-4-6-10-19(16)28-20)22(31)30-23(32,24(25,26)27)13-15(3)29-30/h4-12,14,32H,13H2,1-3H3. The molecule has 1 aliphatic heterocycles. The quantitative estimate of drug-likeness (QED) is 0.587. The van der Waals surface area contributed by atoms with Crippen LogP contribution in [0.5, 0.6) is 5.75 Å². The van der Waals surface area contributed by atoms with Gasteiger partial charge in [0.2, 0.25) is 0 Å². The lowest BCUT2D eigenvalue weighted by Gasteiger charge is -2.32. The summed E-state index contributed by atoms with van der Waals surface area (Å²) in [4.78, 5) is 18.0. The molecule has 1 atom stereocenters. The van der Waals surface area contributed by atoms with Crippen molar-refractivity contribution in [2.24, 2.45) is 5.10 Å². The van der Waals surface area contributed by atoms with E-state index in [0.29, 0.717) is 27.9 Å². The van der Waals surface area contributed by atoms with Gasteiger partial charge in [-0.15, -0.1) is 0 Å². The van der Waals surface area contributed by atoms with Gasteiger partial charge in [0, 0.05) is 23.1 Å². The Bertz CT molecular complexity index is 1260. The summed E-state index contributed by atoms with van der Waals surface area (Å²) in [6.07, 6.45) is -6.03. The van der Waals surface area contributed by atoms with Crippen LogP contribution < -0.4 is 4.74 Å². The number of nitrogens with zero attached hydrogens (tertiary/aromatic N) is 3. The molecule has 3 aromatic rings. The molecule has 33 heavy (non-hydrogen) atoms. The van der Waals surface area contributed by atoms with Gasteiger partial charge in [-0.05, 0) is 45.0 Å². The highest BCUT2D eigenvalue weighted by atomic mass is 19.4. The summed E-state index contributed by atoms with van der Waals surface area (Å²) in [7, 11) is 0. The molecular weight excluding hydrogens is 435 g/mol. The fourth-order valence-corrected chi connectivity index (χ4v) is 3.79. The Hall–Kier alpha value is -3.46. The van der Waals surface area contributed by atoms with Crippen LogP contribution in [-0.4, -0.2) is 44.7 Å². The van der Waals surface area contributed by atoms with E-state index in [4.69, 9.17) is 4.74 Å². The number of para-hydroxylation sites is 2. The molecule has 0 bridgehead atoms. The van der Waals surface area contributed by atoms with Crippen LogP contribution >= 0.6 is 0 Å². The first-order valence-corrected chi connectivity index (χ1v) is 10.3. The first kappa shape index (κ1) is 22.7. The molecule has 0 radical (unpaired) electrons. The number of hydrazone groups is 1. The Kier molecular flexibility index (Phi) is 5.61. The molecule has 1 amide bonds. The number of rotatable bonds is 4. The predicted octanol–water partition coefficient (Wildman–Crippen LogP) is 5.16. The van der Waals surface area contributed by atoms with E-state index in [1.165, 1.54) is 13.0 Å². The summed E-state index contributed by atoms with van der Waals surface area (Å²) < 4.78 is 47.1. The van der Waals surface area contributed by atoms with Crippen LogP contribution in [0.2, 0.25) is 0 Å². The lowest BCUT2D eigenvalue weighted by molar-refractivity contribution is -0.297. The summed E-state index contributed by atoms with van der Waals surface area (Å²) >= 11 is 0. The molecule has 0 spiro atoms. The molecule has 1 aromatic heterocycles. The summed E-state index contributed by atoms with van der Waals surface area (Å²) in [6.45, 7) is 5.07. The maximum Gasteiger partial charge on any atom is 0.438 e. The molecule has 1 aliphatic rings. The third-order valence-electron chi connectivity index (χ3n) is 5.24. The maximum atomic E-state index is 13.7. The first-order chi connectivity index (χ1) is 15.5. The topological polar surface area (TPSA) is 75.0 Å². The minimum absolute atomic E-state index is 0.00237. The second-order valence-electron chi connectivity index (χ2n) is 8.18. The molecule has 172 valence electrons. The summed E-state index contributed by atoms with van der Waals surface area (Å²) in [5.41, 5.74) is -2.14. The zero-order valence-corrected chi connectivity index (χ0v) is 18.2. The minimum atomic E-state index is -5.09. The molecule has 0 saturated heterocycles. The Labute approximate surface area is 188 Å². The molecule has 0 aliphatic carbocycles. The summed E-state index contributed by atoms with van der Waals surface area (Å²) in [6, 6.07) is 15.1. The molecule has 0 saturated carbocycles. The Balaban J connectivity index is 1.90.